The van der Waals surface area contributed by atoms with Crippen molar-refractivity contribution in [1.29, 1.82) is 0 Å². The van der Waals surface area contributed by atoms with Crippen molar-refractivity contribution < 1.29 is 4.74 Å². The lowest BCUT2D eigenvalue weighted by molar-refractivity contribution is 0.180. The summed E-state index contributed by atoms with van der Waals surface area (Å²) in [5.74, 6) is 0.744. The van der Waals surface area contributed by atoms with E-state index in [1.807, 2.05) is 6.07 Å². The Morgan fingerprint density at radius 1 is 1.37 bits per heavy atom. The highest BCUT2D eigenvalue weighted by atomic mass is 16.5. The zero-order chi connectivity index (χ0) is 13.1. The zero-order valence-electron chi connectivity index (χ0n) is 11.6. The summed E-state index contributed by atoms with van der Waals surface area (Å²) in [7, 11) is 1.68. The molecule has 1 N–H and O–H groups in total. The van der Waals surface area contributed by atoms with Gasteiger partial charge in [0.05, 0.1) is 7.11 Å². The average molecular weight is 261 g/mol. The van der Waals surface area contributed by atoms with Gasteiger partial charge in [0.2, 0.25) is 5.88 Å². The van der Waals surface area contributed by atoms with Crippen molar-refractivity contribution in [3.63, 3.8) is 0 Å². The Balaban J connectivity index is 1.60. The first kappa shape index (κ1) is 12.9. The maximum absolute atomic E-state index is 5.31. The van der Waals surface area contributed by atoms with E-state index in [9.17, 15) is 0 Å². The predicted octanol–water partition coefficient (Wildman–Crippen LogP) is 1.81. The van der Waals surface area contributed by atoms with Crippen LogP contribution in [0.2, 0.25) is 0 Å². The third-order valence-electron chi connectivity index (χ3n) is 4.45. The molecule has 4 heteroatoms. The van der Waals surface area contributed by atoms with Crippen LogP contribution in [0.25, 0.3) is 0 Å². The van der Waals surface area contributed by atoms with Gasteiger partial charge in [0.15, 0.2) is 0 Å². The molecule has 1 aromatic rings. The summed E-state index contributed by atoms with van der Waals surface area (Å²) in [6.45, 7) is 3.40. The van der Waals surface area contributed by atoms with Crippen LogP contribution in [-0.2, 0) is 6.54 Å². The predicted molar refractivity (Wildman–Crippen MR) is 75.2 cm³/mol. The molecule has 1 aromatic heterocycles. The highest BCUT2D eigenvalue weighted by molar-refractivity contribution is 5.25. The number of fused-ring (bicyclic) bond motifs is 1. The van der Waals surface area contributed by atoms with E-state index in [0.29, 0.717) is 6.04 Å². The Labute approximate surface area is 115 Å². The monoisotopic (exact) mass is 261 g/mol. The number of hydrogen-bond acceptors (Lipinski definition) is 4. The van der Waals surface area contributed by atoms with Crippen molar-refractivity contribution in [2.45, 2.75) is 44.3 Å². The molecule has 4 nitrogen and oxygen atoms in total. The molecule has 2 unspecified atom stereocenters. The second-order valence-corrected chi connectivity index (χ2v) is 5.55. The van der Waals surface area contributed by atoms with Gasteiger partial charge < -0.3 is 10.1 Å². The lowest BCUT2D eigenvalue weighted by Gasteiger charge is -2.32. The zero-order valence-corrected chi connectivity index (χ0v) is 11.6. The Morgan fingerprint density at radius 3 is 3.21 bits per heavy atom. The molecule has 2 fully saturated rings. The smallest absolute Gasteiger partial charge is 0.217 e. The van der Waals surface area contributed by atoms with Gasteiger partial charge in [-0.3, -0.25) is 4.90 Å². The molecule has 0 amide bonds. The first-order valence-corrected chi connectivity index (χ1v) is 7.34. The van der Waals surface area contributed by atoms with Crippen molar-refractivity contribution in [3.05, 3.63) is 23.9 Å². The molecule has 2 atom stereocenters. The van der Waals surface area contributed by atoms with Crippen molar-refractivity contribution in [2.75, 3.05) is 20.2 Å². The van der Waals surface area contributed by atoms with Crippen LogP contribution in [0.5, 0.6) is 5.88 Å². The maximum atomic E-state index is 5.31. The fourth-order valence-electron chi connectivity index (χ4n) is 3.47. The molecule has 3 heterocycles. The summed E-state index contributed by atoms with van der Waals surface area (Å²) in [6.07, 6.45) is 7.16. The van der Waals surface area contributed by atoms with E-state index in [1.165, 1.54) is 38.8 Å². The van der Waals surface area contributed by atoms with Gasteiger partial charge in [-0.2, -0.15) is 0 Å². The molecule has 0 aliphatic carbocycles. The third kappa shape index (κ3) is 2.74. The number of methoxy groups -OCH3 is 1. The first-order valence-electron chi connectivity index (χ1n) is 7.34. The summed E-state index contributed by atoms with van der Waals surface area (Å²) >= 11 is 0. The average Bonchev–Trinajstić information content (AvgIpc) is 2.89. The molecule has 0 aromatic carbocycles. The Bertz CT molecular complexity index is 424. The standard InChI is InChI=1S/C15H23N3O/c1-19-15-12(5-4-8-16-15)11-17-13-7-10-18-9-3-2-6-14(13)18/h4-5,8,13-14,17H,2-3,6-7,9-11H2,1H3. The van der Waals surface area contributed by atoms with Gasteiger partial charge in [0.1, 0.15) is 0 Å². The second kappa shape index (κ2) is 5.88. The van der Waals surface area contributed by atoms with Gasteiger partial charge >= 0.3 is 0 Å². The molecule has 2 aliphatic rings. The molecule has 0 spiro atoms. The lowest BCUT2D eigenvalue weighted by atomic mass is 9.99. The van der Waals surface area contributed by atoms with Gasteiger partial charge in [0, 0.05) is 36.9 Å². The second-order valence-electron chi connectivity index (χ2n) is 5.55. The Kier molecular flexibility index (Phi) is 3.99. The molecule has 2 saturated heterocycles. The summed E-state index contributed by atoms with van der Waals surface area (Å²) < 4.78 is 5.31. The van der Waals surface area contributed by atoms with Gasteiger partial charge in [-0.1, -0.05) is 12.5 Å². The molecule has 3 rings (SSSR count). The summed E-state index contributed by atoms with van der Waals surface area (Å²) in [5.41, 5.74) is 1.15. The van der Waals surface area contributed by atoms with Gasteiger partial charge in [-0.15, -0.1) is 0 Å². The fraction of sp³-hybridized carbons (Fsp3) is 0.667. The number of nitrogens with one attached hydrogen (secondary N) is 1. The van der Waals surface area contributed by atoms with Crippen molar-refractivity contribution in [1.82, 2.24) is 15.2 Å². The molecular weight excluding hydrogens is 238 g/mol. The van der Waals surface area contributed by atoms with Gasteiger partial charge in [-0.05, 0) is 31.9 Å². The van der Waals surface area contributed by atoms with Crippen LogP contribution >= 0.6 is 0 Å². The number of hydrogen-bond donors (Lipinski definition) is 1. The normalized spacial score (nSPS) is 27.2. The SMILES string of the molecule is COc1ncccc1CNC1CCN2CCCCC12. The highest BCUT2D eigenvalue weighted by Gasteiger charge is 2.34. The van der Waals surface area contributed by atoms with Gasteiger partial charge in [0.25, 0.3) is 0 Å². The minimum Gasteiger partial charge on any atom is -0.481 e. The summed E-state index contributed by atoms with van der Waals surface area (Å²) in [5, 5.41) is 3.71. The van der Waals surface area contributed by atoms with Gasteiger partial charge in [-0.25, -0.2) is 4.98 Å². The molecule has 0 radical (unpaired) electrons. The van der Waals surface area contributed by atoms with E-state index in [4.69, 9.17) is 4.74 Å². The quantitative estimate of drug-likeness (QED) is 0.897. The van der Waals surface area contributed by atoms with Crippen LogP contribution in [0.4, 0.5) is 0 Å². The number of aromatic nitrogens is 1. The number of rotatable bonds is 4. The van der Waals surface area contributed by atoms with E-state index < -0.39 is 0 Å². The van der Waals surface area contributed by atoms with E-state index in [-0.39, 0.29) is 0 Å². The molecule has 2 aliphatic heterocycles. The molecular formula is C15H23N3O. The largest absolute Gasteiger partial charge is 0.481 e. The van der Waals surface area contributed by atoms with E-state index >= 15 is 0 Å². The molecule has 0 bridgehead atoms. The van der Waals surface area contributed by atoms with Crippen LogP contribution < -0.4 is 10.1 Å². The van der Waals surface area contributed by atoms with E-state index in [1.54, 1.807) is 13.3 Å². The van der Waals surface area contributed by atoms with Crippen LogP contribution in [0.1, 0.15) is 31.2 Å². The van der Waals surface area contributed by atoms with Crippen LogP contribution in [0, 0.1) is 0 Å². The number of pyridine rings is 1. The number of ether oxygens (including phenoxy) is 1. The lowest BCUT2D eigenvalue weighted by Crippen LogP contribution is -2.44. The van der Waals surface area contributed by atoms with Crippen LogP contribution in [0.15, 0.2) is 18.3 Å². The minimum absolute atomic E-state index is 0.630. The Morgan fingerprint density at radius 2 is 2.32 bits per heavy atom. The van der Waals surface area contributed by atoms with E-state index in [0.717, 1.165) is 24.0 Å². The number of nitrogens with zero attached hydrogens (tertiary/aromatic N) is 2. The van der Waals surface area contributed by atoms with Crippen molar-refractivity contribution >= 4 is 0 Å². The summed E-state index contributed by atoms with van der Waals surface area (Å²) in [6, 6.07) is 5.44. The topological polar surface area (TPSA) is 37.4 Å². The van der Waals surface area contributed by atoms with Crippen LogP contribution in [-0.4, -0.2) is 42.2 Å². The molecule has 0 saturated carbocycles. The molecule has 19 heavy (non-hydrogen) atoms. The fourth-order valence-corrected chi connectivity index (χ4v) is 3.47. The maximum Gasteiger partial charge on any atom is 0.217 e. The minimum atomic E-state index is 0.630. The highest BCUT2D eigenvalue weighted by Crippen LogP contribution is 2.27. The third-order valence-corrected chi connectivity index (χ3v) is 4.45. The number of piperidine rings is 1. The molecule has 104 valence electrons. The van der Waals surface area contributed by atoms with Crippen LogP contribution in [0.3, 0.4) is 0 Å². The first-order chi connectivity index (χ1) is 9.38. The summed E-state index contributed by atoms with van der Waals surface area (Å²) in [4.78, 5) is 6.91. The van der Waals surface area contributed by atoms with Crippen molar-refractivity contribution in [3.8, 4) is 5.88 Å². The van der Waals surface area contributed by atoms with E-state index in [2.05, 4.69) is 21.3 Å². The Hall–Kier alpha value is -1.13. The van der Waals surface area contributed by atoms with Crippen molar-refractivity contribution in [2.24, 2.45) is 0 Å².